The van der Waals surface area contributed by atoms with Gasteiger partial charge < -0.3 is 14.0 Å². The van der Waals surface area contributed by atoms with Crippen molar-refractivity contribution in [3.63, 3.8) is 0 Å². The lowest BCUT2D eigenvalue weighted by Gasteiger charge is -2.21. The maximum Gasteiger partial charge on any atom is 0.341 e. The number of nitrogens with one attached hydrogen (secondary N) is 1. The SMILES string of the molecule is COC(=O)c1cn(-c2ccc(N3CCCS3(=O)=O)c(OC)c2)cc2c(=O)[nH]nc1-2. The minimum absolute atomic E-state index is 0.0958. The first-order valence-electron chi connectivity index (χ1n) is 8.73. The summed E-state index contributed by atoms with van der Waals surface area (Å²) < 4.78 is 37.6. The van der Waals surface area contributed by atoms with E-state index < -0.39 is 21.6 Å². The molecule has 3 aliphatic heterocycles. The summed E-state index contributed by atoms with van der Waals surface area (Å²) in [5.74, 6) is -0.184. The lowest BCUT2D eigenvalue weighted by atomic mass is 10.1. The van der Waals surface area contributed by atoms with Gasteiger partial charge in [0, 0.05) is 30.7 Å². The fourth-order valence-corrected chi connectivity index (χ4v) is 4.96. The zero-order valence-corrected chi connectivity index (χ0v) is 16.5. The Bertz CT molecular complexity index is 1230. The molecular weight excluding hydrogens is 400 g/mol. The fourth-order valence-electron chi connectivity index (χ4n) is 3.39. The van der Waals surface area contributed by atoms with Crippen molar-refractivity contribution in [3.05, 3.63) is 46.5 Å². The number of ether oxygens (including phenoxy) is 2. The number of sulfonamides is 1. The molecule has 0 atom stereocenters. The Morgan fingerprint density at radius 2 is 2.03 bits per heavy atom. The van der Waals surface area contributed by atoms with Crippen molar-refractivity contribution in [3.8, 4) is 22.7 Å². The minimum atomic E-state index is -3.37. The Morgan fingerprint density at radius 1 is 1.24 bits per heavy atom. The van der Waals surface area contributed by atoms with E-state index >= 15 is 0 Å². The van der Waals surface area contributed by atoms with Crippen LogP contribution in [-0.2, 0) is 14.8 Å². The monoisotopic (exact) mass is 418 g/mol. The second kappa shape index (κ2) is 6.92. The van der Waals surface area contributed by atoms with Gasteiger partial charge in [0.05, 0.1) is 31.2 Å². The largest absolute Gasteiger partial charge is 0.494 e. The molecule has 1 saturated heterocycles. The molecule has 11 heteroatoms. The molecule has 0 aromatic heterocycles. The van der Waals surface area contributed by atoms with Crippen molar-refractivity contribution in [1.29, 1.82) is 0 Å². The van der Waals surface area contributed by atoms with Crippen LogP contribution in [0.5, 0.6) is 5.75 Å². The number of anilines is 1. The van der Waals surface area contributed by atoms with Gasteiger partial charge in [-0.25, -0.2) is 18.3 Å². The average Bonchev–Trinajstić information content (AvgIpc) is 3.27. The van der Waals surface area contributed by atoms with Gasteiger partial charge in [-0.15, -0.1) is 0 Å². The summed E-state index contributed by atoms with van der Waals surface area (Å²) in [6, 6.07) is 4.96. The topological polar surface area (TPSA) is 124 Å². The maximum absolute atomic E-state index is 12.3. The van der Waals surface area contributed by atoms with Gasteiger partial charge in [-0.2, -0.15) is 5.10 Å². The average molecular weight is 418 g/mol. The number of hydrogen-bond donors (Lipinski definition) is 1. The molecule has 1 fully saturated rings. The van der Waals surface area contributed by atoms with Crippen molar-refractivity contribution in [1.82, 2.24) is 14.8 Å². The van der Waals surface area contributed by atoms with Gasteiger partial charge in [-0.05, 0) is 18.6 Å². The summed E-state index contributed by atoms with van der Waals surface area (Å²) in [5, 5.41) is 6.22. The molecule has 3 heterocycles. The molecule has 1 aromatic carbocycles. The number of pyridine rings is 1. The molecule has 0 spiro atoms. The van der Waals surface area contributed by atoms with Crippen LogP contribution in [0.15, 0.2) is 35.4 Å². The molecule has 0 amide bonds. The predicted octanol–water partition coefficient (Wildman–Crippen LogP) is 1.00. The molecule has 0 radical (unpaired) electrons. The second-order valence-electron chi connectivity index (χ2n) is 6.48. The van der Waals surface area contributed by atoms with Gasteiger partial charge in [-0.3, -0.25) is 9.10 Å². The Kier molecular flexibility index (Phi) is 4.53. The third kappa shape index (κ3) is 3.12. The van der Waals surface area contributed by atoms with Gasteiger partial charge in [0.25, 0.3) is 5.56 Å². The van der Waals surface area contributed by atoms with Crippen LogP contribution in [0, 0.1) is 0 Å². The van der Waals surface area contributed by atoms with E-state index in [-0.39, 0.29) is 22.6 Å². The number of fused-ring (bicyclic) bond motifs is 1. The van der Waals surface area contributed by atoms with E-state index in [9.17, 15) is 18.0 Å². The third-order valence-corrected chi connectivity index (χ3v) is 6.65. The van der Waals surface area contributed by atoms with Crippen LogP contribution in [0.3, 0.4) is 0 Å². The van der Waals surface area contributed by atoms with Crippen LogP contribution in [0.4, 0.5) is 5.69 Å². The summed E-state index contributed by atoms with van der Waals surface area (Å²) >= 11 is 0. The van der Waals surface area contributed by atoms with E-state index in [4.69, 9.17) is 9.47 Å². The van der Waals surface area contributed by atoms with E-state index in [2.05, 4.69) is 10.2 Å². The Balaban J connectivity index is 1.86. The van der Waals surface area contributed by atoms with Crippen molar-refractivity contribution < 1.29 is 22.7 Å². The van der Waals surface area contributed by atoms with Crippen LogP contribution in [-0.4, -0.2) is 55.7 Å². The molecule has 152 valence electrons. The molecule has 4 rings (SSSR count). The van der Waals surface area contributed by atoms with Gasteiger partial charge >= 0.3 is 5.97 Å². The van der Waals surface area contributed by atoms with Gasteiger partial charge in [0.15, 0.2) is 0 Å². The molecule has 29 heavy (non-hydrogen) atoms. The number of carbonyl (C=O) groups is 1. The highest BCUT2D eigenvalue weighted by atomic mass is 32.2. The number of carbonyl (C=O) groups excluding carboxylic acids is 1. The standard InChI is InChI=1S/C18H18N4O6S/c1-27-15-8-11(4-5-14(15)22-6-3-7-29(22,25)26)21-9-12-16(19-20-17(12)23)13(10-21)18(24)28-2/h4-5,8-10H,3,6-7H2,1-2H3,(H,20,23). The number of methoxy groups -OCH3 is 2. The first-order chi connectivity index (χ1) is 13.9. The minimum Gasteiger partial charge on any atom is -0.494 e. The summed E-state index contributed by atoms with van der Waals surface area (Å²) in [5.41, 5.74) is 1.12. The van der Waals surface area contributed by atoms with Crippen molar-refractivity contribution in [2.24, 2.45) is 0 Å². The second-order valence-corrected chi connectivity index (χ2v) is 8.50. The van der Waals surface area contributed by atoms with Crippen molar-refractivity contribution in [2.45, 2.75) is 6.42 Å². The van der Waals surface area contributed by atoms with E-state index in [1.807, 2.05) is 0 Å². The first kappa shape index (κ1) is 19.0. The summed E-state index contributed by atoms with van der Waals surface area (Å²) in [6.45, 7) is 0.387. The zero-order chi connectivity index (χ0) is 20.8. The zero-order valence-electron chi connectivity index (χ0n) is 15.7. The van der Waals surface area contributed by atoms with Crippen LogP contribution in [0.2, 0.25) is 0 Å². The number of esters is 1. The van der Waals surface area contributed by atoms with Gasteiger partial charge in [0.1, 0.15) is 17.0 Å². The molecule has 0 aliphatic carbocycles. The molecule has 3 aliphatic rings. The number of rotatable bonds is 4. The van der Waals surface area contributed by atoms with E-state index in [0.29, 0.717) is 30.1 Å². The third-order valence-electron chi connectivity index (χ3n) is 4.80. The smallest absolute Gasteiger partial charge is 0.341 e. The highest BCUT2D eigenvalue weighted by Crippen LogP contribution is 2.35. The lowest BCUT2D eigenvalue weighted by molar-refractivity contribution is 0.0600. The predicted molar refractivity (Wildman–Crippen MR) is 104 cm³/mol. The molecule has 10 nitrogen and oxygen atoms in total. The Morgan fingerprint density at radius 3 is 2.69 bits per heavy atom. The Labute approximate surface area is 166 Å². The molecule has 0 saturated carbocycles. The molecular formula is C18H18N4O6S. The van der Waals surface area contributed by atoms with E-state index in [1.54, 1.807) is 22.8 Å². The quantitative estimate of drug-likeness (QED) is 0.627. The number of aromatic nitrogens is 3. The van der Waals surface area contributed by atoms with Gasteiger partial charge in [-0.1, -0.05) is 0 Å². The lowest BCUT2D eigenvalue weighted by Crippen LogP contribution is -2.25. The van der Waals surface area contributed by atoms with E-state index in [1.165, 1.54) is 30.9 Å². The van der Waals surface area contributed by atoms with Crippen molar-refractivity contribution in [2.75, 3.05) is 30.8 Å². The number of benzene rings is 1. The van der Waals surface area contributed by atoms with Crippen LogP contribution < -0.4 is 14.6 Å². The highest BCUT2D eigenvalue weighted by Gasteiger charge is 2.30. The Hall–Kier alpha value is -3.34. The summed E-state index contributed by atoms with van der Waals surface area (Å²) in [4.78, 5) is 24.2. The van der Waals surface area contributed by atoms with Crippen molar-refractivity contribution >= 4 is 21.7 Å². The van der Waals surface area contributed by atoms with E-state index in [0.717, 1.165) is 0 Å². The van der Waals surface area contributed by atoms with Crippen LogP contribution in [0.1, 0.15) is 16.8 Å². The first-order valence-corrected chi connectivity index (χ1v) is 10.3. The maximum atomic E-state index is 12.3. The molecule has 0 bridgehead atoms. The molecule has 0 unspecified atom stereocenters. The van der Waals surface area contributed by atoms with Crippen LogP contribution >= 0.6 is 0 Å². The number of hydrogen-bond acceptors (Lipinski definition) is 7. The normalized spacial score (nSPS) is 15.6. The fraction of sp³-hybridized carbons (Fsp3) is 0.278. The summed E-state index contributed by atoms with van der Waals surface area (Å²) in [6.07, 6.45) is 3.58. The summed E-state index contributed by atoms with van der Waals surface area (Å²) in [7, 11) is -0.677. The number of H-pyrrole nitrogens is 1. The van der Waals surface area contributed by atoms with Gasteiger partial charge in [0.2, 0.25) is 10.0 Å². The molecule has 1 N–H and O–H groups in total. The van der Waals surface area contributed by atoms with Crippen LogP contribution in [0.25, 0.3) is 16.9 Å². The molecule has 1 aromatic rings. The number of aromatic amines is 1. The number of nitrogens with zero attached hydrogens (tertiary/aromatic N) is 3. The highest BCUT2D eigenvalue weighted by molar-refractivity contribution is 7.93.